The standard InChI is InChI=1S/C16H24N2O3.CH2O2/c1-3-4-5-13-9-18(10-15(20-13)12-6-7-12)16(19)14-8-17-21-11(14)2;2-1-3/h8,12-13,15H,3-7,9-10H2,1-2H3;1H,(H,2,3)/t13-,15-;/m1./s1. The highest BCUT2D eigenvalue weighted by Crippen LogP contribution is 2.37. The lowest BCUT2D eigenvalue weighted by atomic mass is 10.1. The van der Waals surface area contributed by atoms with Crippen molar-refractivity contribution in [1.29, 1.82) is 0 Å². The van der Waals surface area contributed by atoms with Gasteiger partial charge in [-0.1, -0.05) is 24.9 Å². The minimum atomic E-state index is -0.250. The van der Waals surface area contributed by atoms with Crippen LogP contribution in [0.3, 0.4) is 0 Å². The van der Waals surface area contributed by atoms with Crippen molar-refractivity contribution < 1.29 is 24.0 Å². The average molecular weight is 338 g/mol. The van der Waals surface area contributed by atoms with Crippen molar-refractivity contribution in [3.63, 3.8) is 0 Å². The lowest BCUT2D eigenvalue weighted by Crippen LogP contribution is -2.50. The number of aromatic nitrogens is 1. The van der Waals surface area contributed by atoms with Crippen LogP contribution in [0.15, 0.2) is 10.7 Å². The lowest BCUT2D eigenvalue weighted by Gasteiger charge is -2.38. The molecule has 0 radical (unpaired) electrons. The smallest absolute Gasteiger partial charge is 0.290 e. The molecule has 3 rings (SSSR count). The fourth-order valence-electron chi connectivity index (χ4n) is 3.03. The SMILES string of the molecule is CCCC[C@@H]1CN(C(=O)c2cnoc2C)C[C@H](C2CC2)O1.O=CO. The number of amides is 1. The molecule has 0 unspecified atom stereocenters. The highest BCUT2D eigenvalue weighted by molar-refractivity contribution is 5.94. The van der Waals surface area contributed by atoms with Crippen molar-refractivity contribution in [2.45, 2.75) is 58.2 Å². The third-order valence-electron chi connectivity index (χ3n) is 4.49. The van der Waals surface area contributed by atoms with Gasteiger partial charge in [0.2, 0.25) is 0 Å². The molecule has 1 N–H and O–H groups in total. The van der Waals surface area contributed by atoms with Gasteiger partial charge in [-0.3, -0.25) is 9.59 Å². The Hall–Kier alpha value is -1.89. The quantitative estimate of drug-likeness (QED) is 0.829. The van der Waals surface area contributed by atoms with Gasteiger partial charge in [-0.15, -0.1) is 0 Å². The summed E-state index contributed by atoms with van der Waals surface area (Å²) in [5.74, 6) is 1.28. The molecule has 1 aromatic heterocycles. The zero-order valence-corrected chi connectivity index (χ0v) is 14.3. The van der Waals surface area contributed by atoms with Gasteiger partial charge >= 0.3 is 0 Å². The van der Waals surface area contributed by atoms with Gasteiger partial charge in [0.05, 0.1) is 18.4 Å². The fourth-order valence-corrected chi connectivity index (χ4v) is 3.03. The molecule has 1 aliphatic carbocycles. The summed E-state index contributed by atoms with van der Waals surface area (Å²) in [5.41, 5.74) is 0.584. The summed E-state index contributed by atoms with van der Waals surface area (Å²) in [6.45, 7) is 5.11. The van der Waals surface area contributed by atoms with Gasteiger partial charge in [0, 0.05) is 13.1 Å². The number of carboxylic acid groups (broad SMARTS) is 1. The first-order chi connectivity index (χ1) is 11.6. The number of rotatable bonds is 5. The molecular formula is C17H26N2O5. The van der Waals surface area contributed by atoms with E-state index in [9.17, 15) is 4.79 Å². The second-order valence-corrected chi connectivity index (χ2v) is 6.39. The normalized spacial score (nSPS) is 23.3. The first-order valence-corrected chi connectivity index (χ1v) is 8.54. The van der Waals surface area contributed by atoms with Crippen LogP contribution in [0.25, 0.3) is 0 Å². The number of hydrogen-bond acceptors (Lipinski definition) is 5. The topological polar surface area (TPSA) is 92.9 Å². The summed E-state index contributed by atoms with van der Waals surface area (Å²) in [4.78, 5) is 23.0. The summed E-state index contributed by atoms with van der Waals surface area (Å²) in [6.07, 6.45) is 7.73. The predicted molar refractivity (Wildman–Crippen MR) is 86.7 cm³/mol. The molecule has 0 aromatic carbocycles. The molecule has 134 valence electrons. The van der Waals surface area contributed by atoms with Crippen LogP contribution in [0.2, 0.25) is 0 Å². The summed E-state index contributed by atoms with van der Waals surface area (Å²) >= 11 is 0. The molecule has 0 bridgehead atoms. The monoisotopic (exact) mass is 338 g/mol. The van der Waals surface area contributed by atoms with Gasteiger partial charge in [0.25, 0.3) is 12.4 Å². The largest absolute Gasteiger partial charge is 0.483 e. The number of carbonyl (C=O) groups is 2. The Labute approximate surface area is 141 Å². The van der Waals surface area contributed by atoms with Gasteiger partial charge in [-0.2, -0.15) is 0 Å². The number of ether oxygens (including phenoxy) is 1. The first-order valence-electron chi connectivity index (χ1n) is 8.54. The number of aryl methyl sites for hydroxylation is 1. The third-order valence-corrected chi connectivity index (χ3v) is 4.49. The van der Waals surface area contributed by atoms with Gasteiger partial charge in [-0.05, 0) is 32.1 Å². The van der Waals surface area contributed by atoms with Crippen LogP contribution in [-0.4, -0.2) is 52.8 Å². The molecule has 1 saturated heterocycles. The predicted octanol–water partition coefficient (Wildman–Crippen LogP) is 2.49. The Balaban J connectivity index is 0.000000647. The second-order valence-electron chi connectivity index (χ2n) is 6.39. The van der Waals surface area contributed by atoms with Gasteiger partial charge < -0.3 is 19.3 Å². The number of carbonyl (C=O) groups excluding carboxylic acids is 1. The van der Waals surface area contributed by atoms with E-state index in [0.717, 1.165) is 19.3 Å². The van der Waals surface area contributed by atoms with Crippen LogP contribution in [0.4, 0.5) is 0 Å². The molecule has 24 heavy (non-hydrogen) atoms. The summed E-state index contributed by atoms with van der Waals surface area (Å²) in [7, 11) is 0. The molecule has 2 atom stereocenters. The summed E-state index contributed by atoms with van der Waals surface area (Å²) in [6, 6.07) is 0. The van der Waals surface area contributed by atoms with Crippen LogP contribution >= 0.6 is 0 Å². The van der Waals surface area contributed by atoms with Crippen molar-refractivity contribution in [2.24, 2.45) is 5.92 Å². The maximum atomic E-state index is 12.7. The van der Waals surface area contributed by atoms with Crippen LogP contribution in [0.5, 0.6) is 0 Å². The van der Waals surface area contributed by atoms with Crippen molar-refractivity contribution in [3.05, 3.63) is 17.5 Å². The Morgan fingerprint density at radius 1 is 1.46 bits per heavy atom. The van der Waals surface area contributed by atoms with Gasteiger partial charge in [0.1, 0.15) is 11.3 Å². The maximum absolute atomic E-state index is 12.7. The van der Waals surface area contributed by atoms with Crippen LogP contribution in [-0.2, 0) is 9.53 Å². The van der Waals surface area contributed by atoms with E-state index in [-0.39, 0.29) is 24.6 Å². The van der Waals surface area contributed by atoms with E-state index in [1.807, 2.05) is 4.90 Å². The van der Waals surface area contributed by atoms with Crippen LogP contribution in [0.1, 0.15) is 55.1 Å². The van der Waals surface area contributed by atoms with Crippen LogP contribution < -0.4 is 0 Å². The van der Waals surface area contributed by atoms with E-state index in [1.165, 1.54) is 19.0 Å². The van der Waals surface area contributed by atoms with Crippen molar-refractivity contribution >= 4 is 12.4 Å². The average Bonchev–Trinajstić information content (AvgIpc) is 3.34. The molecule has 1 aliphatic heterocycles. The van der Waals surface area contributed by atoms with Crippen molar-refractivity contribution in [1.82, 2.24) is 10.1 Å². The molecule has 2 fully saturated rings. The first kappa shape index (κ1) is 18.4. The van der Waals surface area contributed by atoms with Gasteiger partial charge in [-0.25, -0.2) is 0 Å². The fraction of sp³-hybridized carbons (Fsp3) is 0.706. The molecule has 2 heterocycles. The van der Waals surface area contributed by atoms with E-state index in [2.05, 4.69) is 12.1 Å². The molecule has 7 nitrogen and oxygen atoms in total. The van der Waals surface area contributed by atoms with E-state index in [4.69, 9.17) is 19.2 Å². The highest BCUT2D eigenvalue weighted by atomic mass is 16.5. The summed E-state index contributed by atoms with van der Waals surface area (Å²) in [5, 5.41) is 10.6. The molecule has 7 heteroatoms. The molecular weight excluding hydrogens is 312 g/mol. The lowest BCUT2D eigenvalue weighted by molar-refractivity contribution is -0.122. The number of morpholine rings is 1. The number of hydrogen-bond donors (Lipinski definition) is 1. The van der Waals surface area contributed by atoms with Gasteiger partial charge in [0.15, 0.2) is 0 Å². The van der Waals surface area contributed by atoms with E-state index >= 15 is 0 Å². The molecule has 0 spiro atoms. The highest BCUT2D eigenvalue weighted by Gasteiger charge is 2.40. The molecule has 1 amide bonds. The Morgan fingerprint density at radius 3 is 2.71 bits per heavy atom. The minimum Gasteiger partial charge on any atom is -0.483 e. The Bertz CT molecular complexity index is 541. The van der Waals surface area contributed by atoms with Crippen molar-refractivity contribution in [2.75, 3.05) is 13.1 Å². The number of nitrogens with zero attached hydrogens (tertiary/aromatic N) is 2. The number of unbranched alkanes of at least 4 members (excludes halogenated alkanes) is 1. The Morgan fingerprint density at radius 2 is 2.17 bits per heavy atom. The maximum Gasteiger partial charge on any atom is 0.290 e. The zero-order chi connectivity index (χ0) is 17.5. The third kappa shape index (κ3) is 4.80. The van der Waals surface area contributed by atoms with E-state index < -0.39 is 0 Å². The molecule has 1 aromatic rings. The van der Waals surface area contributed by atoms with Crippen molar-refractivity contribution in [3.8, 4) is 0 Å². The van der Waals surface area contributed by atoms with Crippen LogP contribution in [0, 0.1) is 12.8 Å². The minimum absolute atomic E-state index is 0.0317. The molecule has 2 aliphatic rings. The zero-order valence-electron chi connectivity index (χ0n) is 14.3. The van der Waals surface area contributed by atoms with E-state index in [0.29, 0.717) is 30.3 Å². The molecule has 1 saturated carbocycles. The Kier molecular flexibility index (Phi) is 6.78. The van der Waals surface area contributed by atoms with E-state index in [1.54, 1.807) is 6.92 Å². The summed E-state index contributed by atoms with van der Waals surface area (Å²) < 4.78 is 11.2. The second kappa shape index (κ2) is 8.82.